The lowest BCUT2D eigenvalue weighted by Crippen LogP contribution is -2.40. The summed E-state index contributed by atoms with van der Waals surface area (Å²) in [4.78, 5) is 4.63. The highest BCUT2D eigenvalue weighted by Crippen LogP contribution is 2.22. The molecule has 1 saturated carbocycles. The average Bonchev–Trinajstić information content (AvgIpc) is 2.57. The van der Waals surface area contributed by atoms with E-state index in [9.17, 15) is 5.11 Å². The Kier molecular flexibility index (Phi) is 7.73. The van der Waals surface area contributed by atoms with Gasteiger partial charge >= 0.3 is 0 Å². The zero-order valence-electron chi connectivity index (χ0n) is 14.1. The van der Waals surface area contributed by atoms with Gasteiger partial charge in [0, 0.05) is 25.8 Å². The van der Waals surface area contributed by atoms with E-state index < -0.39 is 0 Å². The maximum Gasteiger partial charge on any atom is 0.196 e. The van der Waals surface area contributed by atoms with Gasteiger partial charge in [-0.25, -0.2) is 0 Å². The van der Waals surface area contributed by atoms with Gasteiger partial charge < -0.3 is 20.5 Å². The van der Waals surface area contributed by atoms with Crippen molar-refractivity contribution in [3.63, 3.8) is 0 Å². The average molecular weight is 319 g/mol. The molecule has 0 atom stereocenters. The Balaban J connectivity index is 1.95. The molecule has 2 rings (SSSR count). The molecule has 3 N–H and O–H groups in total. The van der Waals surface area contributed by atoms with Crippen LogP contribution in [-0.4, -0.2) is 36.9 Å². The van der Waals surface area contributed by atoms with Crippen molar-refractivity contribution in [3.05, 3.63) is 24.3 Å². The summed E-state index contributed by atoms with van der Waals surface area (Å²) in [6.07, 6.45) is 7.12. The van der Waals surface area contributed by atoms with E-state index >= 15 is 0 Å². The maximum atomic E-state index is 9.94. The van der Waals surface area contributed by atoms with Crippen molar-refractivity contribution in [2.24, 2.45) is 4.99 Å². The first-order valence-electron chi connectivity index (χ1n) is 8.73. The summed E-state index contributed by atoms with van der Waals surface area (Å²) in [6, 6.07) is 7.71. The normalized spacial score (nSPS) is 16.3. The summed E-state index contributed by atoms with van der Waals surface area (Å²) in [5, 5.41) is 16.7. The molecule has 1 aromatic carbocycles. The van der Waals surface area contributed by atoms with Crippen molar-refractivity contribution in [1.29, 1.82) is 0 Å². The van der Waals surface area contributed by atoms with Crippen molar-refractivity contribution in [2.45, 2.75) is 51.5 Å². The topological polar surface area (TPSA) is 65.9 Å². The number of anilines is 1. The maximum absolute atomic E-state index is 9.94. The van der Waals surface area contributed by atoms with Crippen molar-refractivity contribution < 1.29 is 9.84 Å². The first kappa shape index (κ1) is 17.6. The van der Waals surface area contributed by atoms with Crippen LogP contribution in [0, 0.1) is 0 Å². The molecule has 0 aliphatic heterocycles. The Hall–Kier alpha value is -1.75. The van der Waals surface area contributed by atoms with Crippen molar-refractivity contribution in [2.75, 3.05) is 25.1 Å². The van der Waals surface area contributed by atoms with Crippen LogP contribution in [0.15, 0.2) is 29.3 Å². The van der Waals surface area contributed by atoms with Crippen LogP contribution in [0.1, 0.15) is 45.4 Å². The van der Waals surface area contributed by atoms with Gasteiger partial charge in [-0.2, -0.15) is 0 Å². The lowest BCUT2D eigenvalue weighted by molar-refractivity contribution is 0.146. The fourth-order valence-electron chi connectivity index (χ4n) is 2.77. The number of aromatic hydroxyl groups is 1. The minimum Gasteiger partial charge on any atom is -0.506 e. The largest absolute Gasteiger partial charge is 0.506 e. The number of para-hydroxylation sites is 2. The molecule has 1 aliphatic carbocycles. The second-order valence-corrected chi connectivity index (χ2v) is 5.90. The summed E-state index contributed by atoms with van der Waals surface area (Å²) in [5.41, 5.74) is 0.680. The molecule has 0 unspecified atom stereocenters. The molecule has 0 heterocycles. The third-order valence-corrected chi connectivity index (χ3v) is 4.02. The highest BCUT2D eigenvalue weighted by Gasteiger charge is 2.15. The fourth-order valence-corrected chi connectivity index (χ4v) is 2.77. The Morgan fingerprint density at radius 2 is 2.04 bits per heavy atom. The summed E-state index contributed by atoms with van der Waals surface area (Å²) in [7, 11) is 0. The minimum atomic E-state index is 0.236. The molecular weight excluding hydrogens is 290 g/mol. The molecule has 0 spiro atoms. The third-order valence-electron chi connectivity index (χ3n) is 4.02. The van der Waals surface area contributed by atoms with Gasteiger partial charge in [0.05, 0.1) is 5.69 Å². The molecule has 0 saturated heterocycles. The fraction of sp³-hybridized carbons (Fsp3) is 0.611. The van der Waals surface area contributed by atoms with Crippen LogP contribution in [0.2, 0.25) is 0 Å². The van der Waals surface area contributed by atoms with E-state index in [0.29, 0.717) is 18.3 Å². The number of guanidine groups is 1. The molecule has 1 fully saturated rings. The molecular formula is C18H29N3O2. The summed E-state index contributed by atoms with van der Waals surface area (Å²) < 4.78 is 5.35. The number of rotatable bonds is 7. The molecule has 0 radical (unpaired) electrons. The zero-order valence-corrected chi connectivity index (χ0v) is 14.1. The summed E-state index contributed by atoms with van der Waals surface area (Å²) >= 11 is 0. The molecule has 5 nitrogen and oxygen atoms in total. The zero-order chi connectivity index (χ0) is 16.3. The van der Waals surface area contributed by atoms with Crippen LogP contribution in [0.4, 0.5) is 5.69 Å². The third kappa shape index (κ3) is 6.48. The lowest BCUT2D eigenvalue weighted by atomic mass is 9.96. The molecule has 0 aromatic heterocycles. The van der Waals surface area contributed by atoms with Crippen molar-refractivity contribution in [3.8, 4) is 5.75 Å². The molecule has 0 amide bonds. The Morgan fingerprint density at radius 1 is 1.26 bits per heavy atom. The summed E-state index contributed by atoms with van der Waals surface area (Å²) in [6.45, 7) is 4.18. The number of hydrogen-bond donors (Lipinski definition) is 3. The van der Waals surface area contributed by atoms with E-state index in [1.165, 1.54) is 32.1 Å². The van der Waals surface area contributed by atoms with Gasteiger partial charge in [0.15, 0.2) is 5.96 Å². The second-order valence-electron chi connectivity index (χ2n) is 5.90. The number of phenols is 1. The molecule has 1 aromatic rings. The second kappa shape index (κ2) is 10.1. The number of phenolic OH excluding ortho intramolecular Hbond substituents is 1. The van der Waals surface area contributed by atoms with E-state index in [0.717, 1.165) is 25.6 Å². The predicted molar refractivity (Wildman–Crippen MR) is 95.2 cm³/mol. The Morgan fingerprint density at radius 3 is 2.78 bits per heavy atom. The minimum absolute atomic E-state index is 0.236. The van der Waals surface area contributed by atoms with Crippen LogP contribution < -0.4 is 10.6 Å². The van der Waals surface area contributed by atoms with Gasteiger partial charge in [-0.3, -0.25) is 4.99 Å². The van der Waals surface area contributed by atoms with E-state index in [1.807, 2.05) is 25.1 Å². The van der Waals surface area contributed by atoms with E-state index in [2.05, 4.69) is 15.6 Å². The molecule has 23 heavy (non-hydrogen) atoms. The van der Waals surface area contributed by atoms with E-state index in [4.69, 9.17) is 4.74 Å². The highest BCUT2D eigenvalue weighted by molar-refractivity contribution is 5.95. The standard InChI is InChI=1S/C18H29N3O2/c1-2-23-14-8-13-19-18(20-15-9-4-3-5-10-15)21-16-11-6-7-12-17(16)22/h6-7,11-12,15,22H,2-5,8-10,13-14H2,1H3,(H2,19,20,21). The van der Waals surface area contributed by atoms with Crippen molar-refractivity contribution in [1.82, 2.24) is 5.32 Å². The van der Waals surface area contributed by atoms with Gasteiger partial charge in [0.25, 0.3) is 0 Å². The number of aliphatic imine (C=N–C) groups is 1. The molecule has 5 heteroatoms. The number of nitrogens with one attached hydrogen (secondary N) is 2. The van der Waals surface area contributed by atoms with Gasteiger partial charge in [-0.1, -0.05) is 31.4 Å². The first-order valence-corrected chi connectivity index (χ1v) is 8.73. The molecule has 1 aliphatic rings. The van der Waals surface area contributed by atoms with Crippen molar-refractivity contribution >= 4 is 11.6 Å². The SMILES string of the molecule is CCOCCCN=C(Nc1ccccc1O)NC1CCCCC1. The van der Waals surface area contributed by atoms with Crippen LogP contribution >= 0.6 is 0 Å². The van der Waals surface area contributed by atoms with E-state index in [-0.39, 0.29) is 5.75 Å². The molecule has 128 valence electrons. The number of hydrogen-bond acceptors (Lipinski definition) is 3. The highest BCUT2D eigenvalue weighted by atomic mass is 16.5. The quantitative estimate of drug-likeness (QED) is 0.311. The van der Waals surface area contributed by atoms with Crippen LogP contribution in [-0.2, 0) is 4.74 Å². The number of benzene rings is 1. The number of ether oxygens (including phenoxy) is 1. The first-order chi connectivity index (χ1) is 11.3. The Bertz CT molecular complexity index is 485. The van der Waals surface area contributed by atoms with Gasteiger partial charge in [-0.15, -0.1) is 0 Å². The predicted octanol–water partition coefficient (Wildman–Crippen LogP) is 3.51. The van der Waals surface area contributed by atoms with Crippen LogP contribution in [0.25, 0.3) is 0 Å². The lowest BCUT2D eigenvalue weighted by Gasteiger charge is -2.25. The monoisotopic (exact) mass is 319 g/mol. The smallest absolute Gasteiger partial charge is 0.196 e. The van der Waals surface area contributed by atoms with Crippen LogP contribution in [0.3, 0.4) is 0 Å². The summed E-state index contributed by atoms with van der Waals surface area (Å²) in [5.74, 6) is 0.981. The number of nitrogens with zero attached hydrogens (tertiary/aromatic N) is 1. The van der Waals surface area contributed by atoms with Gasteiger partial charge in [0.1, 0.15) is 5.75 Å². The van der Waals surface area contributed by atoms with E-state index in [1.54, 1.807) is 6.07 Å². The van der Waals surface area contributed by atoms with Gasteiger partial charge in [-0.05, 0) is 38.3 Å². The van der Waals surface area contributed by atoms with Gasteiger partial charge in [0.2, 0.25) is 0 Å². The Labute approximate surface area is 139 Å². The van der Waals surface area contributed by atoms with Crippen LogP contribution in [0.5, 0.6) is 5.75 Å². The molecule has 0 bridgehead atoms.